The van der Waals surface area contributed by atoms with Gasteiger partial charge in [-0.1, -0.05) is 0 Å². The van der Waals surface area contributed by atoms with E-state index in [1.165, 1.54) is 33.4 Å². The van der Waals surface area contributed by atoms with Crippen LogP contribution < -0.4 is 0 Å². The van der Waals surface area contributed by atoms with E-state index < -0.39 is 17.4 Å². The van der Waals surface area contributed by atoms with Gasteiger partial charge >= 0.3 is 212 Å². The second-order valence-electron chi connectivity index (χ2n) is 11.6. The third-order valence-electron chi connectivity index (χ3n) is 8.38. The van der Waals surface area contributed by atoms with Crippen molar-refractivity contribution in [3.05, 3.63) is 101 Å². The van der Waals surface area contributed by atoms with Crippen molar-refractivity contribution in [1.82, 2.24) is 0 Å². The van der Waals surface area contributed by atoms with Crippen molar-refractivity contribution < 1.29 is 17.4 Å². The summed E-state index contributed by atoms with van der Waals surface area (Å²) in [5, 5.41) is 0. The first-order valence-corrected chi connectivity index (χ1v) is 26.4. The molecule has 0 aliphatic heterocycles. The summed E-state index contributed by atoms with van der Waals surface area (Å²) in [5.74, 6) is 1.02. The molecule has 0 aromatic heterocycles. The van der Waals surface area contributed by atoms with Gasteiger partial charge in [-0.2, -0.15) is 0 Å². The summed E-state index contributed by atoms with van der Waals surface area (Å²) in [4.78, 5) is 0. The summed E-state index contributed by atoms with van der Waals surface area (Å²) in [7, 11) is 0. The third-order valence-corrected chi connectivity index (χ3v) is 25.5. The van der Waals surface area contributed by atoms with Crippen LogP contribution in [0.3, 0.4) is 0 Å². The van der Waals surface area contributed by atoms with Gasteiger partial charge in [0.25, 0.3) is 0 Å². The molecule has 0 radical (unpaired) electrons. The van der Waals surface area contributed by atoms with Crippen LogP contribution in [0, 0.1) is 11.8 Å². The van der Waals surface area contributed by atoms with E-state index in [-0.39, 0.29) is 24.8 Å². The van der Waals surface area contributed by atoms with Gasteiger partial charge in [-0.15, -0.1) is 24.8 Å². The Morgan fingerprint density at radius 2 is 1.06 bits per heavy atom. The zero-order chi connectivity index (χ0) is 24.9. The van der Waals surface area contributed by atoms with Gasteiger partial charge in [0.1, 0.15) is 0 Å². The number of rotatable bonds is 6. The first-order chi connectivity index (χ1) is 16.0. The van der Waals surface area contributed by atoms with Crippen LogP contribution in [0.5, 0.6) is 0 Å². The van der Waals surface area contributed by atoms with Gasteiger partial charge in [0.05, 0.1) is 0 Å². The molecule has 36 heavy (non-hydrogen) atoms. The molecular formula is C32H44Cl2SiZr. The molecule has 4 rings (SSSR count). The fourth-order valence-corrected chi connectivity index (χ4v) is 29.1. The van der Waals surface area contributed by atoms with E-state index in [1.54, 1.807) is 17.7 Å². The molecule has 2 atom stereocenters. The maximum absolute atomic E-state index is 3.43. The average molecular weight is 619 g/mol. The molecule has 0 heterocycles. The Morgan fingerprint density at radius 3 is 1.39 bits per heavy atom. The maximum atomic E-state index is 2.70. The molecule has 0 spiro atoms. The predicted molar refractivity (Wildman–Crippen MR) is 166 cm³/mol. The smallest absolute Gasteiger partial charge is 0.147 e. The number of aryl methyl sites for hydroxylation is 2. The SMILES string of the molecule is CCc1cccc(C2=CC(C)[C]([Zr]([CH3])([CH3])(=[SiH2])[C]3=C(C)C(c4cccc(CC)c4)=CC3C)=C2C)c1.Cl.Cl. The minimum atomic E-state index is -3.43. The van der Waals surface area contributed by atoms with Crippen molar-refractivity contribution in [2.75, 3.05) is 0 Å². The molecule has 2 unspecified atom stereocenters. The predicted octanol–water partition coefficient (Wildman–Crippen LogP) is 9.30. The minimum absolute atomic E-state index is 0. The Hall–Kier alpha value is -0.920. The van der Waals surface area contributed by atoms with Crippen molar-refractivity contribution >= 4 is 42.8 Å². The van der Waals surface area contributed by atoms with Gasteiger partial charge in [0, 0.05) is 0 Å². The van der Waals surface area contributed by atoms with Crippen LogP contribution in [-0.4, -0.2) is 6.88 Å². The van der Waals surface area contributed by atoms with Crippen LogP contribution in [0.2, 0.25) is 9.26 Å². The van der Waals surface area contributed by atoms with Crippen molar-refractivity contribution in [1.29, 1.82) is 0 Å². The number of halogens is 2. The molecule has 0 saturated carbocycles. The Labute approximate surface area is 234 Å². The van der Waals surface area contributed by atoms with Crippen LogP contribution in [-0.2, 0) is 30.2 Å². The molecular weight excluding hydrogens is 575 g/mol. The van der Waals surface area contributed by atoms with E-state index in [1.807, 2.05) is 0 Å². The van der Waals surface area contributed by atoms with Gasteiger partial charge in [-0.05, 0) is 0 Å². The van der Waals surface area contributed by atoms with E-state index in [4.69, 9.17) is 0 Å². The van der Waals surface area contributed by atoms with Crippen molar-refractivity contribution in [3.63, 3.8) is 0 Å². The summed E-state index contributed by atoms with van der Waals surface area (Å²) in [6.07, 6.45) is 7.29. The molecule has 2 aliphatic rings. The number of benzene rings is 2. The zero-order valence-electron chi connectivity index (χ0n) is 23.4. The summed E-state index contributed by atoms with van der Waals surface area (Å²) >= 11 is -3.43. The van der Waals surface area contributed by atoms with Crippen LogP contribution in [0.15, 0.2) is 78.4 Å². The second kappa shape index (κ2) is 11.4. The Balaban J connectivity index is 0.00000228. The fourth-order valence-electron chi connectivity index (χ4n) is 7.24. The zero-order valence-corrected chi connectivity index (χ0v) is 28.9. The van der Waals surface area contributed by atoms with Crippen LogP contribution in [0.25, 0.3) is 11.1 Å². The molecule has 4 heteroatoms. The molecule has 194 valence electrons. The Bertz CT molecular complexity index is 1250. The van der Waals surface area contributed by atoms with E-state index >= 15 is 0 Å². The van der Waals surface area contributed by atoms with E-state index in [9.17, 15) is 0 Å². The molecule has 0 bridgehead atoms. The quantitative estimate of drug-likeness (QED) is 0.283. The van der Waals surface area contributed by atoms with E-state index in [0.29, 0.717) is 11.8 Å². The van der Waals surface area contributed by atoms with E-state index in [0.717, 1.165) is 12.8 Å². The number of hydrogen-bond acceptors (Lipinski definition) is 0. The summed E-state index contributed by atoms with van der Waals surface area (Å²) in [6, 6.07) is 18.4. The molecule has 2 aromatic rings. The molecule has 0 N–H and O–H groups in total. The van der Waals surface area contributed by atoms with Gasteiger partial charge < -0.3 is 0 Å². The summed E-state index contributed by atoms with van der Waals surface area (Å²) in [6.45, 7) is 16.6. The van der Waals surface area contributed by atoms with Gasteiger partial charge in [-0.3, -0.25) is 0 Å². The number of hydrogen-bond donors (Lipinski definition) is 0. The molecule has 0 saturated heterocycles. The topological polar surface area (TPSA) is 0 Å². The first kappa shape index (κ1) is 31.3. The average Bonchev–Trinajstić information content (AvgIpc) is 3.29. The van der Waals surface area contributed by atoms with Gasteiger partial charge in [0.15, 0.2) is 0 Å². The van der Waals surface area contributed by atoms with Crippen molar-refractivity contribution in [2.24, 2.45) is 11.8 Å². The summed E-state index contributed by atoms with van der Waals surface area (Å²) < 4.78 is 8.97. The van der Waals surface area contributed by atoms with E-state index in [2.05, 4.69) is 118 Å². The number of allylic oxidation sites excluding steroid dienone is 8. The molecule has 0 amide bonds. The molecule has 2 aliphatic carbocycles. The van der Waals surface area contributed by atoms with Crippen LogP contribution in [0.4, 0.5) is 0 Å². The minimum Gasteiger partial charge on any atom is -0.147 e. The monoisotopic (exact) mass is 616 g/mol. The fraction of sp³-hybridized carbons (Fsp3) is 0.375. The third kappa shape index (κ3) is 5.44. The van der Waals surface area contributed by atoms with Crippen molar-refractivity contribution in [3.8, 4) is 0 Å². The van der Waals surface area contributed by atoms with Gasteiger partial charge in [0.2, 0.25) is 0 Å². The Kier molecular flexibility index (Phi) is 9.95. The molecule has 0 nitrogen and oxygen atoms in total. The molecule has 2 aromatic carbocycles. The molecule has 0 fully saturated rings. The van der Waals surface area contributed by atoms with Crippen LogP contribution in [0.1, 0.15) is 63.8 Å². The van der Waals surface area contributed by atoms with Crippen molar-refractivity contribution in [2.45, 2.75) is 63.6 Å². The Morgan fingerprint density at radius 1 is 0.694 bits per heavy atom. The standard InChI is InChI=1S/2C15H17.2CH3.2ClH.H2Si.Zr/c2*1-4-13-6-5-7-14(10-13)15-9-11(2)8-12(15)3;;;;;;/h2*5-7,9-11H,4H2,1-3H3;2*1H3;2*1H;1H2;. The van der Waals surface area contributed by atoms with Gasteiger partial charge in [-0.25, -0.2) is 0 Å². The maximum Gasteiger partial charge on any atom is -0.147 e. The summed E-state index contributed by atoms with van der Waals surface area (Å²) in [5.41, 5.74) is 11.7. The van der Waals surface area contributed by atoms with Crippen LogP contribution >= 0.6 is 24.8 Å². The largest absolute Gasteiger partial charge is 0.147 e. The normalized spacial score (nSPS) is 20.1. The second-order valence-corrected chi connectivity index (χ2v) is 40.0. The first-order valence-electron chi connectivity index (χ1n) is 13.1.